The monoisotopic (exact) mass is 326 g/mol. The van der Waals surface area contributed by atoms with E-state index < -0.39 is 5.91 Å². The maximum atomic E-state index is 11.3. The largest absolute Gasteiger partial charge is 0.436 e. The summed E-state index contributed by atoms with van der Waals surface area (Å²) in [6.45, 7) is 6.21. The molecule has 0 aliphatic carbocycles. The summed E-state index contributed by atoms with van der Waals surface area (Å²) in [5, 5.41) is 4.09. The number of benzene rings is 2. The average Bonchev–Trinajstić information content (AvgIpc) is 2.55. The Labute approximate surface area is 142 Å². The lowest BCUT2D eigenvalue weighted by atomic mass is 10.0. The van der Waals surface area contributed by atoms with Gasteiger partial charge in [-0.05, 0) is 54.8 Å². The lowest BCUT2D eigenvalue weighted by molar-refractivity contribution is -0.117. The Morgan fingerprint density at radius 3 is 2.62 bits per heavy atom. The summed E-state index contributed by atoms with van der Waals surface area (Å²) in [5.41, 5.74) is 8.83. The number of carbonyl (C=O) groups is 1. The molecule has 2 aromatic rings. The first-order valence-corrected chi connectivity index (χ1v) is 7.83. The van der Waals surface area contributed by atoms with Crippen LogP contribution in [0.2, 0.25) is 0 Å². The smallest absolute Gasteiger partial charge is 0.263 e. The highest BCUT2D eigenvalue weighted by Gasteiger charge is 2.15. The zero-order valence-corrected chi connectivity index (χ0v) is 14.2. The molecule has 1 amide bonds. The molecule has 0 aliphatic heterocycles. The molecule has 0 fully saturated rings. The fraction of sp³-hybridized carbons (Fsp3) is 0.263. The molecular formula is C19H22N2O3. The van der Waals surface area contributed by atoms with Crippen LogP contribution >= 0.6 is 0 Å². The highest BCUT2D eigenvalue weighted by molar-refractivity contribution is 5.98. The molecule has 0 heterocycles. The second-order valence-corrected chi connectivity index (χ2v) is 5.49. The van der Waals surface area contributed by atoms with Gasteiger partial charge in [-0.15, -0.1) is 0 Å². The van der Waals surface area contributed by atoms with Crippen LogP contribution in [0.3, 0.4) is 0 Å². The normalized spacial score (nSPS) is 11.2. The van der Waals surface area contributed by atoms with E-state index in [9.17, 15) is 4.79 Å². The molecule has 2 rings (SSSR count). The van der Waals surface area contributed by atoms with E-state index in [0.29, 0.717) is 23.8 Å². The number of hydrogen-bond acceptors (Lipinski definition) is 4. The van der Waals surface area contributed by atoms with Gasteiger partial charge in [0.05, 0.1) is 6.42 Å². The zero-order valence-electron chi connectivity index (χ0n) is 14.2. The Kier molecular flexibility index (Phi) is 5.95. The van der Waals surface area contributed by atoms with Crippen LogP contribution in [0.15, 0.2) is 47.6 Å². The van der Waals surface area contributed by atoms with Crippen molar-refractivity contribution in [1.29, 1.82) is 0 Å². The van der Waals surface area contributed by atoms with E-state index >= 15 is 0 Å². The van der Waals surface area contributed by atoms with E-state index in [2.05, 4.69) is 5.16 Å². The van der Waals surface area contributed by atoms with Gasteiger partial charge in [0, 0.05) is 5.56 Å². The summed E-state index contributed by atoms with van der Waals surface area (Å²) in [7, 11) is 0. The van der Waals surface area contributed by atoms with Gasteiger partial charge in [0.1, 0.15) is 12.4 Å². The van der Waals surface area contributed by atoms with Crippen molar-refractivity contribution in [2.24, 2.45) is 10.9 Å². The van der Waals surface area contributed by atoms with Crippen LogP contribution in [-0.2, 0) is 16.1 Å². The van der Waals surface area contributed by atoms with Crippen LogP contribution in [0.5, 0.6) is 5.75 Å². The lowest BCUT2D eigenvalue weighted by Gasteiger charge is -2.14. The number of hydrogen-bond donors (Lipinski definition) is 1. The Bertz CT molecular complexity index is 754. The predicted octanol–water partition coefficient (Wildman–Crippen LogP) is 3.11. The van der Waals surface area contributed by atoms with Gasteiger partial charge < -0.3 is 15.3 Å². The fourth-order valence-corrected chi connectivity index (χ4v) is 2.24. The number of amides is 1. The molecule has 5 heteroatoms. The molecule has 0 spiro atoms. The number of carbonyl (C=O) groups excluding carboxylic acids is 1. The highest BCUT2D eigenvalue weighted by Crippen LogP contribution is 2.22. The number of nitrogens with two attached hydrogens (primary N) is 1. The van der Waals surface area contributed by atoms with Crippen molar-refractivity contribution in [2.45, 2.75) is 27.2 Å². The average molecular weight is 326 g/mol. The van der Waals surface area contributed by atoms with E-state index in [-0.39, 0.29) is 6.42 Å². The molecular weight excluding hydrogens is 304 g/mol. The van der Waals surface area contributed by atoms with Crippen molar-refractivity contribution in [3.05, 3.63) is 64.7 Å². The third kappa shape index (κ3) is 4.59. The molecule has 0 radical (unpaired) electrons. The van der Waals surface area contributed by atoms with Gasteiger partial charge in [-0.3, -0.25) is 4.79 Å². The van der Waals surface area contributed by atoms with Gasteiger partial charge in [0.2, 0.25) is 5.91 Å². The molecule has 0 atom stereocenters. The molecule has 5 nitrogen and oxygen atoms in total. The Morgan fingerprint density at radius 1 is 1.17 bits per heavy atom. The first-order valence-electron chi connectivity index (χ1n) is 7.83. The van der Waals surface area contributed by atoms with Crippen molar-refractivity contribution >= 4 is 11.8 Å². The minimum atomic E-state index is -0.412. The third-order valence-corrected chi connectivity index (χ3v) is 3.44. The zero-order chi connectivity index (χ0) is 17.5. The Morgan fingerprint density at radius 2 is 1.92 bits per heavy atom. The van der Waals surface area contributed by atoms with Crippen molar-refractivity contribution in [1.82, 2.24) is 0 Å². The molecule has 0 bridgehead atoms. The maximum Gasteiger partial charge on any atom is 0.263 e. The number of oxime groups is 1. The summed E-state index contributed by atoms with van der Waals surface area (Å²) in [6.07, 6.45) is 0.109. The Hall–Kier alpha value is -2.82. The minimum Gasteiger partial charge on any atom is -0.436 e. The summed E-state index contributed by atoms with van der Waals surface area (Å²) in [6, 6.07) is 13.3. The Balaban J connectivity index is 2.43. The van der Waals surface area contributed by atoms with E-state index in [1.165, 1.54) is 0 Å². The second kappa shape index (κ2) is 8.15. The van der Waals surface area contributed by atoms with Gasteiger partial charge in [0.25, 0.3) is 5.90 Å². The molecule has 0 saturated heterocycles. The summed E-state index contributed by atoms with van der Waals surface area (Å²) < 4.78 is 6.01. The third-order valence-electron chi connectivity index (χ3n) is 3.44. The van der Waals surface area contributed by atoms with Crippen molar-refractivity contribution < 1.29 is 14.4 Å². The molecule has 0 aliphatic rings. The molecule has 126 valence electrons. The van der Waals surface area contributed by atoms with Gasteiger partial charge in [0.15, 0.2) is 0 Å². The number of primary amides is 1. The minimum absolute atomic E-state index is 0.109. The number of aryl methyl sites for hydroxylation is 2. The van der Waals surface area contributed by atoms with Gasteiger partial charge >= 0.3 is 0 Å². The van der Waals surface area contributed by atoms with Gasteiger partial charge in [-0.1, -0.05) is 30.3 Å². The van der Waals surface area contributed by atoms with Crippen LogP contribution in [0, 0.1) is 13.8 Å². The predicted molar refractivity (Wildman–Crippen MR) is 94.0 cm³/mol. The molecule has 0 unspecified atom stereocenters. The summed E-state index contributed by atoms with van der Waals surface area (Å²) in [5.74, 6) is 0.592. The van der Waals surface area contributed by atoms with Crippen molar-refractivity contribution in [2.75, 3.05) is 6.61 Å². The van der Waals surface area contributed by atoms with E-state index in [0.717, 1.165) is 16.7 Å². The van der Waals surface area contributed by atoms with E-state index in [4.69, 9.17) is 15.3 Å². The summed E-state index contributed by atoms with van der Waals surface area (Å²) >= 11 is 0. The van der Waals surface area contributed by atoms with Crippen LogP contribution in [0.4, 0.5) is 0 Å². The van der Waals surface area contributed by atoms with Gasteiger partial charge in [-0.25, -0.2) is 0 Å². The molecule has 0 aromatic heterocycles. The first kappa shape index (κ1) is 17.5. The topological polar surface area (TPSA) is 73.9 Å². The molecule has 24 heavy (non-hydrogen) atoms. The molecule has 2 N–H and O–H groups in total. The number of nitrogens with zero attached hydrogens (tertiary/aromatic N) is 1. The number of rotatable bonds is 6. The lowest BCUT2D eigenvalue weighted by Crippen LogP contribution is -2.19. The van der Waals surface area contributed by atoms with Crippen molar-refractivity contribution in [3.63, 3.8) is 0 Å². The fourth-order valence-electron chi connectivity index (χ4n) is 2.24. The van der Waals surface area contributed by atoms with E-state index in [1.54, 1.807) is 0 Å². The quantitative estimate of drug-likeness (QED) is 0.503. The van der Waals surface area contributed by atoms with Crippen LogP contribution in [0.25, 0.3) is 0 Å². The van der Waals surface area contributed by atoms with Gasteiger partial charge in [-0.2, -0.15) is 0 Å². The molecule has 0 saturated carbocycles. The first-order chi connectivity index (χ1) is 11.5. The maximum absolute atomic E-state index is 11.3. The van der Waals surface area contributed by atoms with Crippen LogP contribution in [-0.4, -0.2) is 18.4 Å². The second-order valence-electron chi connectivity index (χ2n) is 5.49. The highest BCUT2D eigenvalue weighted by atomic mass is 16.6. The van der Waals surface area contributed by atoms with Crippen LogP contribution in [0.1, 0.15) is 29.2 Å². The SMILES string of the molecule is CCO/N=C(/Oc1cc(C)ccc1C)c1ccccc1CC(N)=O. The molecule has 2 aromatic carbocycles. The number of ether oxygens (including phenoxy) is 1. The summed E-state index contributed by atoms with van der Waals surface area (Å²) in [4.78, 5) is 16.5. The standard InChI is InChI=1S/C19H22N2O3/c1-4-23-21-19(24-17-11-13(2)9-10-14(17)3)16-8-6-5-7-15(16)12-18(20)22/h5-11H,4,12H2,1-3H3,(H2,20,22)/b21-19+. The van der Waals surface area contributed by atoms with Crippen molar-refractivity contribution in [3.8, 4) is 5.75 Å². The van der Waals surface area contributed by atoms with Crippen LogP contribution < -0.4 is 10.5 Å². The van der Waals surface area contributed by atoms with E-state index in [1.807, 2.05) is 63.2 Å².